The quantitative estimate of drug-likeness (QED) is 0.488. The zero-order valence-corrected chi connectivity index (χ0v) is 23.3. The van der Waals surface area contributed by atoms with Gasteiger partial charge in [-0.2, -0.15) is 17.5 Å². The van der Waals surface area contributed by atoms with Crippen LogP contribution >= 0.6 is 0 Å². The van der Waals surface area contributed by atoms with Crippen LogP contribution in [-0.4, -0.2) is 66.8 Å². The number of halogens is 4. The van der Waals surface area contributed by atoms with E-state index >= 15 is 0 Å². The van der Waals surface area contributed by atoms with Crippen molar-refractivity contribution in [2.24, 2.45) is 4.99 Å². The molecule has 1 atom stereocenters. The second-order valence-electron chi connectivity index (χ2n) is 10.6. The number of carbonyl (C=O) groups excluding carboxylic acids is 2. The second-order valence-corrected chi connectivity index (χ2v) is 12.4. The maximum Gasteiger partial charge on any atom is 0.419 e. The van der Waals surface area contributed by atoms with Crippen molar-refractivity contribution in [3.05, 3.63) is 69.9 Å². The fraction of sp³-hybridized carbons (Fsp3) is 0.393. The molecule has 14 heteroatoms. The van der Waals surface area contributed by atoms with E-state index in [4.69, 9.17) is 0 Å². The number of amides is 2. The molecule has 3 aliphatic rings. The van der Waals surface area contributed by atoms with Crippen molar-refractivity contribution < 1.29 is 40.7 Å². The predicted octanol–water partition coefficient (Wildman–Crippen LogP) is 3.35. The van der Waals surface area contributed by atoms with Crippen molar-refractivity contribution in [1.82, 2.24) is 9.62 Å². The van der Waals surface area contributed by atoms with Crippen molar-refractivity contribution in [3.8, 4) is 0 Å². The second kappa shape index (κ2) is 10.9. The summed E-state index contributed by atoms with van der Waals surface area (Å²) in [5.74, 6) is -2.21. The highest BCUT2D eigenvalue weighted by Crippen LogP contribution is 2.35. The zero-order chi connectivity index (χ0) is 30.4. The Labute approximate surface area is 239 Å². The van der Waals surface area contributed by atoms with E-state index in [0.717, 1.165) is 17.0 Å². The molecule has 42 heavy (non-hydrogen) atoms. The highest BCUT2D eigenvalue weighted by Gasteiger charge is 2.47. The number of aliphatic hydroxyl groups excluding tert-OH is 1. The van der Waals surface area contributed by atoms with Gasteiger partial charge in [0.05, 0.1) is 18.2 Å². The minimum absolute atomic E-state index is 0.00629. The summed E-state index contributed by atoms with van der Waals surface area (Å²) < 4.78 is 80.5. The molecule has 0 unspecified atom stereocenters. The number of nitrogens with one attached hydrogen (secondary N) is 1. The molecule has 224 valence electrons. The van der Waals surface area contributed by atoms with Crippen LogP contribution in [-0.2, 0) is 25.8 Å². The molecule has 0 saturated carbocycles. The van der Waals surface area contributed by atoms with Crippen LogP contribution in [0.1, 0.15) is 47.9 Å². The number of rotatable bonds is 6. The Balaban J connectivity index is 1.28. The van der Waals surface area contributed by atoms with E-state index in [1.54, 1.807) is 30.0 Å². The van der Waals surface area contributed by atoms with Gasteiger partial charge in [-0.1, -0.05) is 6.07 Å². The number of piperidine rings is 1. The topological polar surface area (TPSA) is 119 Å². The first-order chi connectivity index (χ1) is 19.7. The van der Waals surface area contributed by atoms with Gasteiger partial charge in [-0.05, 0) is 73.7 Å². The first-order valence-corrected chi connectivity index (χ1v) is 14.7. The summed E-state index contributed by atoms with van der Waals surface area (Å²) >= 11 is 0. The number of hydrogen-bond acceptors (Lipinski definition) is 6. The summed E-state index contributed by atoms with van der Waals surface area (Å²) in [6.45, 7) is 1.53. The van der Waals surface area contributed by atoms with Crippen molar-refractivity contribution in [2.45, 2.75) is 50.4 Å². The van der Waals surface area contributed by atoms with Crippen LogP contribution in [0.25, 0.3) is 6.08 Å². The highest BCUT2D eigenvalue weighted by molar-refractivity contribution is 7.92. The minimum atomic E-state index is -4.93. The minimum Gasteiger partial charge on any atom is -0.394 e. The summed E-state index contributed by atoms with van der Waals surface area (Å²) in [7, 11) is -3.89. The molecule has 0 aromatic heterocycles. The van der Waals surface area contributed by atoms with Crippen LogP contribution in [0.5, 0.6) is 0 Å². The van der Waals surface area contributed by atoms with Gasteiger partial charge < -0.3 is 15.3 Å². The number of sulfonamides is 1. The Morgan fingerprint density at radius 2 is 1.86 bits per heavy atom. The lowest BCUT2D eigenvalue weighted by atomic mass is 9.89. The molecule has 2 N–H and O–H groups in total. The van der Waals surface area contributed by atoms with E-state index in [9.17, 15) is 40.7 Å². The number of alkyl halides is 3. The molecule has 3 aliphatic heterocycles. The number of hydrogen-bond donors (Lipinski definition) is 2. The third-order valence-electron chi connectivity index (χ3n) is 7.92. The van der Waals surface area contributed by atoms with Crippen LogP contribution in [0.15, 0.2) is 46.8 Å². The molecule has 0 bridgehead atoms. The number of aliphatic imine (C=N–C) groups is 1. The first kappa shape index (κ1) is 29.9. The molecule has 5 rings (SSSR count). The van der Waals surface area contributed by atoms with Crippen LogP contribution < -0.4 is 10.2 Å². The summed E-state index contributed by atoms with van der Waals surface area (Å²) in [6, 6.07) is 7.19. The van der Waals surface area contributed by atoms with E-state index in [1.165, 1.54) is 10.4 Å². The number of aliphatic hydroxyl groups is 1. The zero-order valence-electron chi connectivity index (χ0n) is 22.5. The molecule has 0 aliphatic carbocycles. The Morgan fingerprint density at radius 3 is 2.50 bits per heavy atom. The summed E-state index contributed by atoms with van der Waals surface area (Å²) in [6.07, 6.45) is -2.56. The lowest BCUT2D eigenvalue weighted by Gasteiger charge is -2.34. The maximum absolute atomic E-state index is 13.7. The van der Waals surface area contributed by atoms with Crippen molar-refractivity contribution >= 4 is 39.4 Å². The Hall–Kier alpha value is -3.62. The van der Waals surface area contributed by atoms with Crippen LogP contribution in [0.2, 0.25) is 0 Å². The Kier molecular flexibility index (Phi) is 7.75. The van der Waals surface area contributed by atoms with E-state index in [2.05, 4.69) is 10.3 Å². The smallest absolute Gasteiger partial charge is 0.394 e. The molecule has 2 fully saturated rings. The number of aryl methyl sites for hydroxylation is 1. The molecule has 9 nitrogen and oxygen atoms in total. The lowest BCUT2D eigenvalue weighted by Crippen LogP contribution is -2.50. The molecular weight excluding hydrogens is 580 g/mol. The number of nitrogens with zero attached hydrogens (tertiary/aromatic N) is 3. The largest absolute Gasteiger partial charge is 0.419 e. The fourth-order valence-corrected chi connectivity index (χ4v) is 6.69. The van der Waals surface area contributed by atoms with Crippen LogP contribution in [0, 0.1) is 12.7 Å². The van der Waals surface area contributed by atoms with Crippen LogP contribution in [0.3, 0.4) is 0 Å². The number of anilines is 1. The average molecular weight is 609 g/mol. The average Bonchev–Trinajstić information content (AvgIpc) is 3.46. The third-order valence-corrected chi connectivity index (χ3v) is 9.49. The molecule has 2 saturated heterocycles. The molecule has 2 amide bonds. The third kappa shape index (κ3) is 5.57. The molecular formula is C28H28F4N4O5S. The van der Waals surface area contributed by atoms with Gasteiger partial charge in [-0.15, -0.1) is 0 Å². The first-order valence-electron chi connectivity index (χ1n) is 13.2. The summed E-state index contributed by atoms with van der Waals surface area (Å²) in [4.78, 5) is 31.0. The standard InChI is InChI=1S/C28H28F4N4O5S/c1-17-14-20(36-21(16-37)5-7-24(36)38)4-2-18(17)8-13-42(40,41)35-11-9-27(10-12-35)26(39)33-25(34-27)19-3-6-23(29)22(15-19)28(30,31)32/h2-4,6,8,13-15,21,37H,5,7,9-12,16H2,1H3,(H,33,34,39)/b13-8+/t21-/m0/s1. The highest BCUT2D eigenvalue weighted by atomic mass is 32.2. The van der Waals surface area contributed by atoms with Gasteiger partial charge in [0.1, 0.15) is 17.2 Å². The lowest BCUT2D eigenvalue weighted by molar-refractivity contribution is -0.140. The van der Waals surface area contributed by atoms with Gasteiger partial charge in [0.15, 0.2) is 0 Å². The van der Waals surface area contributed by atoms with Gasteiger partial charge in [0.25, 0.3) is 5.91 Å². The van der Waals surface area contributed by atoms with E-state index in [0.29, 0.717) is 36.2 Å². The predicted molar refractivity (Wildman–Crippen MR) is 146 cm³/mol. The molecule has 0 radical (unpaired) electrons. The SMILES string of the molecule is Cc1cc(N2C(=O)CC[C@H]2CO)ccc1/C=C/S(=O)(=O)N1CCC2(CC1)N=C(c1ccc(F)c(C(F)(F)F)c1)NC2=O. The van der Waals surface area contributed by atoms with Gasteiger partial charge in [-0.3, -0.25) is 14.6 Å². The fourth-order valence-electron chi connectivity index (χ4n) is 5.51. The molecule has 2 aromatic carbocycles. The number of benzene rings is 2. The molecule has 1 spiro atoms. The Bertz CT molecular complexity index is 1600. The van der Waals surface area contributed by atoms with Gasteiger partial charge in [0, 0.05) is 36.2 Å². The normalized spacial score (nSPS) is 21.4. The van der Waals surface area contributed by atoms with Crippen LogP contribution in [0.4, 0.5) is 23.2 Å². The van der Waals surface area contributed by atoms with E-state index in [-0.39, 0.29) is 55.9 Å². The summed E-state index contributed by atoms with van der Waals surface area (Å²) in [5, 5.41) is 13.1. The van der Waals surface area contributed by atoms with Crippen molar-refractivity contribution in [1.29, 1.82) is 0 Å². The van der Waals surface area contributed by atoms with Crippen molar-refractivity contribution in [3.63, 3.8) is 0 Å². The summed E-state index contributed by atoms with van der Waals surface area (Å²) in [5.41, 5.74) is -0.954. The molecule has 2 aromatic rings. The van der Waals surface area contributed by atoms with E-state index < -0.39 is 39.0 Å². The maximum atomic E-state index is 13.7. The monoisotopic (exact) mass is 608 g/mol. The van der Waals surface area contributed by atoms with Crippen molar-refractivity contribution in [2.75, 3.05) is 24.6 Å². The van der Waals surface area contributed by atoms with E-state index in [1.807, 2.05) is 0 Å². The van der Waals surface area contributed by atoms with Gasteiger partial charge >= 0.3 is 6.18 Å². The van der Waals surface area contributed by atoms with Gasteiger partial charge in [0.2, 0.25) is 15.9 Å². The van der Waals surface area contributed by atoms with Gasteiger partial charge in [-0.25, -0.2) is 12.8 Å². The number of carbonyl (C=O) groups is 2. The molecule has 3 heterocycles. The number of amidine groups is 1. The Morgan fingerprint density at radius 1 is 1.14 bits per heavy atom.